The topological polar surface area (TPSA) is 61.0 Å². The number of H-pyrrole nitrogens is 1. The average molecular weight is 391 g/mol. The Morgan fingerprint density at radius 2 is 1.62 bits per heavy atom. The van der Waals surface area contributed by atoms with Gasteiger partial charge in [-0.05, 0) is 36.6 Å². The van der Waals surface area contributed by atoms with Crippen LogP contribution in [0.5, 0.6) is 0 Å². The van der Waals surface area contributed by atoms with Crippen molar-refractivity contribution in [2.45, 2.75) is 38.8 Å². The van der Waals surface area contributed by atoms with Crippen molar-refractivity contribution in [2.75, 3.05) is 13.1 Å². The normalized spacial score (nSPS) is 12.3. The standard InChI is InChI=1S/C24H30N4O/c1-3-17-28(21(4-2)18-25-24(29)22-15-16-26-27-22)23(19-11-7-5-8-12-19)20-13-9-6-10-14-20/h5-16,21,23H,3-4,17-18H2,1-2H3,(H,25,29)(H,26,27). The summed E-state index contributed by atoms with van der Waals surface area (Å²) < 4.78 is 0. The molecule has 1 aromatic heterocycles. The number of hydrogen-bond acceptors (Lipinski definition) is 3. The maximum atomic E-state index is 12.4. The molecule has 1 atom stereocenters. The highest BCUT2D eigenvalue weighted by Gasteiger charge is 2.27. The maximum absolute atomic E-state index is 12.4. The van der Waals surface area contributed by atoms with Crippen LogP contribution in [0, 0.1) is 0 Å². The minimum Gasteiger partial charge on any atom is -0.349 e. The van der Waals surface area contributed by atoms with Crippen molar-refractivity contribution in [1.29, 1.82) is 0 Å². The summed E-state index contributed by atoms with van der Waals surface area (Å²) in [6.07, 6.45) is 3.58. The molecule has 29 heavy (non-hydrogen) atoms. The highest BCUT2D eigenvalue weighted by Crippen LogP contribution is 2.31. The number of nitrogens with zero attached hydrogens (tertiary/aromatic N) is 2. The quantitative estimate of drug-likeness (QED) is 0.539. The lowest BCUT2D eigenvalue weighted by Gasteiger charge is -2.38. The Kier molecular flexibility index (Phi) is 7.59. The Bertz CT molecular complexity index is 810. The summed E-state index contributed by atoms with van der Waals surface area (Å²) in [7, 11) is 0. The maximum Gasteiger partial charge on any atom is 0.269 e. The molecule has 0 bridgehead atoms. The second kappa shape index (κ2) is 10.6. The molecule has 1 amide bonds. The van der Waals surface area contributed by atoms with E-state index in [4.69, 9.17) is 0 Å². The molecule has 3 rings (SSSR count). The van der Waals surface area contributed by atoms with E-state index in [1.807, 2.05) is 0 Å². The first-order valence-corrected chi connectivity index (χ1v) is 10.4. The molecule has 2 aromatic carbocycles. The van der Waals surface area contributed by atoms with E-state index >= 15 is 0 Å². The second-order valence-electron chi connectivity index (χ2n) is 7.20. The Balaban J connectivity index is 1.87. The van der Waals surface area contributed by atoms with Crippen LogP contribution in [0.3, 0.4) is 0 Å². The van der Waals surface area contributed by atoms with Crippen LogP contribution in [0.4, 0.5) is 0 Å². The van der Waals surface area contributed by atoms with Crippen LogP contribution in [0.2, 0.25) is 0 Å². The number of aromatic nitrogens is 2. The molecule has 0 radical (unpaired) electrons. The molecule has 5 nitrogen and oxygen atoms in total. The van der Waals surface area contributed by atoms with Gasteiger partial charge in [0.2, 0.25) is 0 Å². The van der Waals surface area contributed by atoms with Crippen LogP contribution >= 0.6 is 0 Å². The van der Waals surface area contributed by atoms with E-state index in [9.17, 15) is 4.79 Å². The molecule has 0 aliphatic heterocycles. The van der Waals surface area contributed by atoms with Gasteiger partial charge >= 0.3 is 0 Å². The minimum absolute atomic E-state index is 0.117. The van der Waals surface area contributed by atoms with Crippen LogP contribution in [0.1, 0.15) is 54.3 Å². The second-order valence-corrected chi connectivity index (χ2v) is 7.20. The fourth-order valence-corrected chi connectivity index (χ4v) is 3.81. The molecular weight excluding hydrogens is 360 g/mol. The van der Waals surface area contributed by atoms with Crippen molar-refractivity contribution in [2.24, 2.45) is 0 Å². The fraction of sp³-hybridized carbons (Fsp3) is 0.333. The number of nitrogens with one attached hydrogen (secondary N) is 2. The summed E-state index contributed by atoms with van der Waals surface area (Å²) >= 11 is 0. The highest BCUT2D eigenvalue weighted by molar-refractivity contribution is 5.92. The van der Waals surface area contributed by atoms with Gasteiger partial charge in [0.05, 0.1) is 6.04 Å². The fourth-order valence-electron chi connectivity index (χ4n) is 3.81. The van der Waals surface area contributed by atoms with E-state index in [0.29, 0.717) is 12.2 Å². The predicted molar refractivity (Wildman–Crippen MR) is 117 cm³/mol. The van der Waals surface area contributed by atoms with Gasteiger partial charge in [-0.25, -0.2) is 0 Å². The molecule has 0 saturated carbocycles. The molecule has 0 spiro atoms. The molecule has 0 fully saturated rings. The lowest BCUT2D eigenvalue weighted by Crippen LogP contribution is -2.46. The van der Waals surface area contributed by atoms with Crippen LogP contribution in [-0.4, -0.2) is 40.1 Å². The lowest BCUT2D eigenvalue weighted by molar-refractivity contribution is 0.0912. The van der Waals surface area contributed by atoms with E-state index in [-0.39, 0.29) is 18.0 Å². The molecule has 0 saturated heterocycles. The summed E-state index contributed by atoms with van der Waals surface area (Å²) in [4.78, 5) is 14.9. The summed E-state index contributed by atoms with van der Waals surface area (Å²) in [6, 6.07) is 23.3. The Morgan fingerprint density at radius 3 is 2.10 bits per heavy atom. The van der Waals surface area contributed by atoms with Crippen molar-refractivity contribution in [3.63, 3.8) is 0 Å². The monoisotopic (exact) mass is 390 g/mol. The molecule has 3 aromatic rings. The van der Waals surface area contributed by atoms with Gasteiger partial charge in [0.15, 0.2) is 0 Å². The molecular formula is C24H30N4O. The molecule has 5 heteroatoms. The first-order chi connectivity index (χ1) is 14.2. The third-order valence-electron chi connectivity index (χ3n) is 5.23. The Morgan fingerprint density at radius 1 is 1.00 bits per heavy atom. The molecule has 1 unspecified atom stereocenters. The van der Waals surface area contributed by atoms with E-state index in [0.717, 1.165) is 19.4 Å². The van der Waals surface area contributed by atoms with Gasteiger partial charge in [-0.2, -0.15) is 5.10 Å². The van der Waals surface area contributed by atoms with Crippen molar-refractivity contribution < 1.29 is 4.79 Å². The van der Waals surface area contributed by atoms with Crippen LogP contribution in [0.25, 0.3) is 0 Å². The van der Waals surface area contributed by atoms with Gasteiger partial charge in [-0.3, -0.25) is 14.8 Å². The lowest BCUT2D eigenvalue weighted by atomic mass is 9.94. The minimum atomic E-state index is -0.117. The summed E-state index contributed by atoms with van der Waals surface area (Å²) in [5.41, 5.74) is 3.03. The third-order valence-corrected chi connectivity index (χ3v) is 5.23. The summed E-state index contributed by atoms with van der Waals surface area (Å²) in [5, 5.41) is 9.68. The van der Waals surface area contributed by atoms with Gasteiger partial charge in [0.1, 0.15) is 5.69 Å². The zero-order valence-electron chi connectivity index (χ0n) is 17.2. The van der Waals surface area contributed by atoms with Crippen molar-refractivity contribution in [3.05, 3.63) is 89.7 Å². The van der Waals surface area contributed by atoms with Crippen molar-refractivity contribution >= 4 is 5.91 Å². The smallest absolute Gasteiger partial charge is 0.269 e. The third kappa shape index (κ3) is 5.33. The summed E-state index contributed by atoms with van der Waals surface area (Å²) in [6.45, 7) is 5.93. The van der Waals surface area contributed by atoms with Crippen LogP contribution < -0.4 is 5.32 Å². The number of carbonyl (C=O) groups is 1. The van der Waals surface area contributed by atoms with E-state index < -0.39 is 0 Å². The zero-order chi connectivity index (χ0) is 20.5. The molecule has 152 valence electrons. The van der Waals surface area contributed by atoms with Crippen LogP contribution in [0.15, 0.2) is 72.9 Å². The molecule has 1 heterocycles. The number of carbonyl (C=O) groups excluding carboxylic acids is 1. The van der Waals surface area contributed by atoms with E-state index in [2.05, 4.69) is 94.9 Å². The van der Waals surface area contributed by atoms with Gasteiger partial charge in [-0.15, -0.1) is 0 Å². The van der Waals surface area contributed by atoms with Gasteiger partial charge < -0.3 is 5.32 Å². The van der Waals surface area contributed by atoms with Gasteiger partial charge in [0, 0.05) is 18.8 Å². The van der Waals surface area contributed by atoms with Crippen LogP contribution in [-0.2, 0) is 0 Å². The SMILES string of the molecule is CCCN(C(CC)CNC(=O)c1ccn[nH]1)C(c1ccccc1)c1ccccc1. The Labute approximate surface area is 173 Å². The van der Waals surface area contributed by atoms with Crippen molar-refractivity contribution in [3.8, 4) is 0 Å². The van der Waals surface area contributed by atoms with Gasteiger partial charge in [-0.1, -0.05) is 74.5 Å². The van der Waals surface area contributed by atoms with E-state index in [1.54, 1.807) is 12.3 Å². The molecule has 2 N–H and O–H groups in total. The number of amides is 1. The number of benzene rings is 2. The summed E-state index contributed by atoms with van der Waals surface area (Å²) in [5.74, 6) is -0.117. The first-order valence-electron chi connectivity index (χ1n) is 10.4. The molecule has 0 aliphatic carbocycles. The molecule has 0 aliphatic rings. The van der Waals surface area contributed by atoms with Gasteiger partial charge in [0.25, 0.3) is 5.91 Å². The van der Waals surface area contributed by atoms with Crippen molar-refractivity contribution in [1.82, 2.24) is 20.4 Å². The Hall–Kier alpha value is -2.92. The highest BCUT2D eigenvalue weighted by atomic mass is 16.1. The number of hydrogen-bond donors (Lipinski definition) is 2. The zero-order valence-corrected chi connectivity index (χ0v) is 17.2. The first kappa shape index (κ1) is 20.8. The number of aromatic amines is 1. The predicted octanol–water partition coefficient (Wildman–Crippen LogP) is 4.42. The number of rotatable bonds is 10. The van der Waals surface area contributed by atoms with E-state index in [1.165, 1.54) is 11.1 Å². The average Bonchev–Trinajstić information content (AvgIpc) is 3.31. The largest absolute Gasteiger partial charge is 0.349 e.